The largest absolute Gasteiger partial charge is 0.326 e. The van der Waals surface area contributed by atoms with Crippen molar-refractivity contribution < 1.29 is 0 Å². The molecule has 0 amide bonds. The normalized spacial score (nSPS) is 14.5. The van der Waals surface area contributed by atoms with Crippen LogP contribution in [0.3, 0.4) is 0 Å². The lowest BCUT2D eigenvalue weighted by Crippen LogP contribution is -2.33. The Labute approximate surface area is 101 Å². The van der Waals surface area contributed by atoms with Gasteiger partial charge in [-0.2, -0.15) is 5.10 Å². The molecule has 4 nitrogen and oxygen atoms in total. The highest BCUT2D eigenvalue weighted by Gasteiger charge is 2.22. The zero-order valence-electron chi connectivity index (χ0n) is 10.2. The van der Waals surface area contributed by atoms with Crippen LogP contribution < -0.4 is 5.73 Å². The molecule has 0 saturated heterocycles. The van der Waals surface area contributed by atoms with Gasteiger partial charge in [-0.3, -0.25) is 9.67 Å². The van der Waals surface area contributed by atoms with Crippen molar-refractivity contribution in [3.8, 4) is 0 Å². The van der Waals surface area contributed by atoms with Gasteiger partial charge in [-0.05, 0) is 31.5 Å². The van der Waals surface area contributed by atoms with Crippen LogP contribution in [0.5, 0.6) is 0 Å². The predicted molar refractivity (Wildman–Crippen MR) is 67.6 cm³/mol. The van der Waals surface area contributed by atoms with E-state index in [1.807, 2.05) is 42.1 Å². The quantitative estimate of drug-likeness (QED) is 0.873. The van der Waals surface area contributed by atoms with E-state index in [-0.39, 0.29) is 12.1 Å². The fraction of sp³-hybridized carbons (Fsp3) is 0.385. The summed E-state index contributed by atoms with van der Waals surface area (Å²) < 4.78 is 1.91. The Kier molecular flexibility index (Phi) is 3.54. The highest BCUT2D eigenvalue weighted by molar-refractivity contribution is 5.13. The summed E-state index contributed by atoms with van der Waals surface area (Å²) in [6, 6.07) is 7.90. The predicted octanol–water partition coefficient (Wildman–Crippen LogP) is 1.91. The van der Waals surface area contributed by atoms with Gasteiger partial charge in [-0.1, -0.05) is 13.0 Å². The lowest BCUT2D eigenvalue weighted by atomic mass is 10.0. The summed E-state index contributed by atoms with van der Waals surface area (Å²) in [6.45, 7) is 4.06. The van der Waals surface area contributed by atoms with Crippen molar-refractivity contribution in [2.75, 3.05) is 0 Å². The Morgan fingerprint density at radius 2 is 2.18 bits per heavy atom. The topological polar surface area (TPSA) is 56.7 Å². The lowest BCUT2D eigenvalue weighted by Gasteiger charge is -2.22. The molecule has 0 saturated carbocycles. The third-order valence-electron chi connectivity index (χ3n) is 2.89. The summed E-state index contributed by atoms with van der Waals surface area (Å²) in [5, 5.41) is 4.45. The van der Waals surface area contributed by atoms with Gasteiger partial charge < -0.3 is 5.73 Å². The SMILES string of the molecule is CCC(N)C(c1ccccn1)n1ccc(C)n1. The molecule has 2 unspecified atom stereocenters. The monoisotopic (exact) mass is 230 g/mol. The smallest absolute Gasteiger partial charge is 0.109 e. The fourth-order valence-electron chi connectivity index (χ4n) is 1.91. The second-order valence-corrected chi connectivity index (χ2v) is 4.21. The third-order valence-corrected chi connectivity index (χ3v) is 2.89. The van der Waals surface area contributed by atoms with Gasteiger partial charge in [-0.15, -0.1) is 0 Å². The van der Waals surface area contributed by atoms with E-state index in [9.17, 15) is 0 Å². The molecule has 2 N–H and O–H groups in total. The van der Waals surface area contributed by atoms with E-state index >= 15 is 0 Å². The molecule has 17 heavy (non-hydrogen) atoms. The van der Waals surface area contributed by atoms with Gasteiger partial charge >= 0.3 is 0 Å². The molecule has 90 valence electrons. The van der Waals surface area contributed by atoms with Gasteiger partial charge in [0, 0.05) is 18.4 Å². The standard InChI is InChI=1S/C13H18N4/c1-3-11(14)13(12-6-4-5-8-15-12)17-9-7-10(2)16-17/h4-9,11,13H,3,14H2,1-2H3. The van der Waals surface area contributed by atoms with Gasteiger partial charge in [-0.25, -0.2) is 0 Å². The van der Waals surface area contributed by atoms with Crippen LogP contribution in [0.4, 0.5) is 0 Å². The Hall–Kier alpha value is -1.68. The average molecular weight is 230 g/mol. The van der Waals surface area contributed by atoms with Gasteiger partial charge in [0.15, 0.2) is 0 Å². The Balaban J connectivity index is 2.39. The van der Waals surface area contributed by atoms with Crippen LogP contribution in [0, 0.1) is 6.92 Å². The number of nitrogens with zero attached hydrogens (tertiary/aromatic N) is 3. The second kappa shape index (κ2) is 5.10. The summed E-state index contributed by atoms with van der Waals surface area (Å²) >= 11 is 0. The summed E-state index contributed by atoms with van der Waals surface area (Å²) in [5.41, 5.74) is 8.15. The van der Waals surface area contributed by atoms with Crippen LogP contribution in [-0.4, -0.2) is 20.8 Å². The molecule has 0 aliphatic rings. The molecule has 0 aliphatic heterocycles. The number of aryl methyl sites for hydroxylation is 1. The van der Waals surface area contributed by atoms with E-state index in [1.165, 1.54) is 0 Å². The molecule has 0 aromatic carbocycles. The van der Waals surface area contributed by atoms with E-state index in [0.717, 1.165) is 17.8 Å². The van der Waals surface area contributed by atoms with Crippen molar-refractivity contribution in [2.45, 2.75) is 32.4 Å². The van der Waals surface area contributed by atoms with Crippen LogP contribution in [0.2, 0.25) is 0 Å². The molecule has 0 spiro atoms. The molecule has 2 aromatic rings. The molecule has 2 aromatic heterocycles. The first-order valence-corrected chi connectivity index (χ1v) is 5.90. The highest BCUT2D eigenvalue weighted by Crippen LogP contribution is 2.20. The molecule has 2 rings (SSSR count). The maximum absolute atomic E-state index is 6.19. The summed E-state index contributed by atoms with van der Waals surface area (Å²) in [6.07, 6.45) is 4.64. The van der Waals surface area contributed by atoms with Crippen LogP contribution in [0.15, 0.2) is 36.7 Å². The number of hydrogen-bond donors (Lipinski definition) is 1. The Bertz CT molecular complexity index is 463. The van der Waals surface area contributed by atoms with E-state index in [2.05, 4.69) is 17.0 Å². The first kappa shape index (κ1) is 11.8. The number of hydrogen-bond acceptors (Lipinski definition) is 3. The molecule has 2 atom stereocenters. The van der Waals surface area contributed by atoms with Crippen molar-refractivity contribution in [2.24, 2.45) is 5.73 Å². The van der Waals surface area contributed by atoms with Crippen LogP contribution in [0.1, 0.15) is 30.8 Å². The molecule has 4 heteroatoms. The molecule has 2 heterocycles. The molecular weight excluding hydrogens is 212 g/mol. The first-order valence-electron chi connectivity index (χ1n) is 5.90. The molecule has 0 fully saturated rings. The van der Waals surface area contributed by atoms with Crippen molar-refractivity contribution in [3.63, 3.8) is 0 Å². The second-order valence-electron chi connectivity index (χ2n) is 4.21. The van der Waals surface area contributed by atoms with Crippen molar-refractivity contribution >= 4 is 0 Å². The molecule has 0 bridgehead atoms. The zero-order valence-corrected chi connectivity index (χ0v) is 10.2. The van der Waals surface area contributed by atoms with Crippen molar-refractivity contribution in [1.82, 2.24) is 14.8 Å². The van der Waals surface area contributed by atoms with E-state index in [4.69, 9.17) is 5.73 Å². The molecule has 0 aliphatic carbocycles. The van der Waals surface area contributed by atoms with Gasteiger partial charge in [0.1, 0.15) is 6.04 Å². The summed E-state index contributed by atoms with van der Waals surface area (Å²) in [5.74, 6) is 0. The van der Waals surface area contributed by atoms with Gasteiger partial charge in [0.05, 0.1) is 11.4 Å². The zero-order chi connectivity index (χ0) is 12.3. The maximum atomic E-state index is 6.19. The summed E-state index contributed by atoms with van der Waals surface area (Å²) in [7, 11) is 0. The van der Waals surface area contributed by atoms with Crippen molar-refractivity contribution in [1.29, 1.82) is 0 Å². The van der Waals surface area contributed by atoms with Crippen LogP contribution in [-0.2, 0) is 0 Å². The van der Waals surface area contributed by atoms with Crippen LogP contribution >= 0.6 is 0 Å². The number of nitrogens with two attached hydrogens (primary N) is 1. The third kappa shape index (κ3) is 2.53. The minimum absolute atomic E-state index is 0.00917. The average Bonchev–Trinajstić information content (AvgIpc) is 2.77. The number of pyridine rings is 1. The van der Waals surface area contributed by atoms with E-state index in [0.29, 0.717) is 0 Å². The molecule has 0 radical (unpaired) electrons. The lowest BCUT2D eigenvalue weighted by molar-refractivity contribution is 0.414. The number of aromatic nitrogens is 3. The van der Waals surface area contributed by atoms with Gasteiger partial charge in [0.2, 0.25) is 0 Å². The highest BCUT2D eigenvalue weighted by atomic mass is 15.3. The van der Waals surface area contributed by atoms with Crippen LogP contribution in [0.25, 0.3) is 0 Å². The Morgan fingerprint density at radius 3 is 2.71 bits per heavy atom. The minimum atomic E-state index is 0.00917. The summed E-state index contributed by atoms with van der Waals surface area (Å²) in [4.78, 5) is 4.39. The minimum Gasteiger partial charge on any atom is -0.326 e. The Morgan fingerprint density at radius 1 is 1.35 bits per heavy atom. The number of rotatable bonds is 4. The van der Waals surface area contributed by atoms with E-state index < -0.39 is 0 Å². The maximum Gasteiger partial charge on any atom is 0.109 e. The first-order chi connectivity index (χ1) is 8.22. The molecular formula is C13H18N4. The van der Waals surface area contributed by atoms with E-state index in [1.54, 1.807) is 6.20 Å². The van der Waals surface area contributed by atoms with Crippen molar-refractivity contribution in [3.05, 3.63) is 48.0 Å². The van der Waals surface area contributed by atoms with Gasteiger partial charge in [0.25, 0.3) is 0 Å². The fourth-order valence-corrected chi connectivity index (χ4v) is 1.91.